The van der Waals surface area contributed by atoms with Gasteiger partial charge in [-0.25, -0.2) is 5.01 Å². The molecule has 1 fully saturated rings. The van der Waals surface area contributed by atoms with Gasteiger partial charge in [-0.2, -0.15) is 5.26 Å². The van der Waals surface area contributed by atoms with Gasteiger partial charge < -0.3 is 15.3 Å². The number of benzene rings is 1. The molecule has 2 N–H and O–H groups in total. The molecular formula is C18H22N4O3. The molecule has 1 aromatic carbocycles. The molecule has 132 valence electrons. The summed E-state index contributed by atoms with van der Waals surface area (Å²) in [4.78, 5) is 17.3. The molecule has 0 radical (unpaired) electrons. The fraction of sp³-hybridized carbons (Fsp3) is 0.444. The van der Waals surface area contributed by atoms with Crippen LogP contribution in [0.5, 0.6) is 0 Å². The minimum absolute atomic E-state index is 0.126. The molecule has 0 saturated carbocycles. The Bertz CT molecular complexity index is 748. The molecule has 0 amide bonds. The Morgan fingerprint density at radius 1 is 1.40 bits per heavy atom. The van der Waals surface area contributed by atoms with Gasteiger partial charge in [-0.3, -0.25) is 4.79 Å². The lowest BCUT2D eigenvalue weighted by molar-refractivity contribution is -0.220. The van der Waals surface area contributed by atoms with Crippen LogP contribution in [-0.2, 0) is 14.4 Å². The van der Waals surface area contributed by atoms with Crippen LogP contribution in [0, 0.1) is 31.1 Å². The first-order chi connectivity index (χ1) is 12.0. The summed E-state index contributed by atoms with van der Waals surface area (Å²) in [7, 11) is 0. The van der Waals surface area contributed by atoms with Gasteiger partial charge >= 0.3 is 5.97 Å². The van der Waals surface area contributed by atoms with Crippen LogP contribution in [0.3, 0.4) is 0 Å². The first-order valence-corrected chi connectivity index (χ1v) is 8.27. The lowest BCUT2D eigenvalue weighted by Crippen LogP contribution is -2.60. The Hall–Kier alpha value is -2.56. The number of hydrogen-bond acceptors (Lipinski definition) is 7. The van der Waals surface area contributed by atoms with E-state index in [9.17, 15) is 10.1 Å². The second-order valence-electron chi connectivity index (χ2n) is 6.39. The van der Waals surface area contributed by atoms with Crippen molar-refractivity contribution in [2.75, 3.05) is 18.2 Å². The predicted molar refractivity (Wildman–Crippen MR) is 91.5 cm³/mol. The monoisotopic (exact) mass is 342 g/mol. The highest BCUT2D eigenvalue weighted by molar-refractivity contribution is 5.67. The van der Waals surface area contributed by atoms with E-state index in [0.717, 1.165) is 16.8 Å². The van der Waals surface area contributed by atoms with Crippen molar-refractivity contribution < 1.29 is 14.4 Å². The van der Waals surface area contributed by atoms with Crippen LogP contribution in [0.2, 0.25) is 0 Å². The Balaban J connectivity index is 2.20. The fourth-order valence-electron chi connectivity index (χ4n) is 3.58. The zero-order valence-corrected chi connectivity index (χ0v) is 14.7. The maximum absolute atomic E-state index is 11.7. The van der Waals surface area contributed by atoms with E-state index in [1.54, 1.807) is 5.01 Å². The Morgan fingerprint density at radius 2 is 2.08 bits per heavy atom. The lowest BCUT2D eigenvalue weighted by atomic mass is 9.86. The van der Waals surface area contributed by atoms with Crippen molar-refractivity contribution in [2.24, 2.45) is 11.7 Å². The van der Waals surface area contributed by atoms with Crippen molar-refractivity contribution in [1.82, 2.24) is 5.17 Å². The highest BCUT2D eigenvalue weighted by Gasteiger charge is 2.45. The molecule has 0 bridgehead atoms. The van der Waals surface area contributed by atoms with Gasteiger partial charge in [0.15, 0.2) is 0 Å². The molecule has 2 aliphatic rings. The summed E-state index contributed by atoms with van der Waals surface area (Å²) in [5.41, 5.74) is 9.63. The summed E-state index contributed by atoms with van der Waals surface area (Å²) in [5, 5.41) is 12.8. The van der Waals surface area contributed by atoms with Crippen molar-refractivity contribution in [3.8, 4) is 6.07 Å². The average molecular weight is 342 g/mol. The Morgan fingerprint density at radius 3 is 2.68 bits per heavy atom. The zero-order chi connectivity index (χ0) is 18.1. The number of hydrogen-bond donors (Lipinski definition) is 1. The fourth-order valence-corrected chi connectivity index (χ4v) is 3.58. The number of carbonyl (C=O) groups excluding carboxylic acids is 1. The van der Waals surface area contributed by atoms with E-state index in [-0.39, 0.29) is 12.0 Å². The van der Waals surface area contributed by atoms with E-state index in [0.29, 0.717) is 31.0 Å². The SMILES string of the molecule is CC(=O)ON1C2COCCC2C(C#N)=C(N)N1c1c(C)cccc1C. The number of ether oxygens (including phenoxy) is 1. The quantitative estimate of drug-likeness (QED) is 0.878. The minimum Gasteiger partial charge on any atom is -0.383 e. The minimum atomic E-state index is -0.450. The third kappa shape index (κ3) is 2.95. The number of carbonyl (C=O) groups is 1. The standard InChI is InChI=1S/C18H22N4O3/c1-11-5-4-6-12(2)17(11)21-18(20)15(9-19)14-7-8-24-10-16(14)22(21)25-13(3)23/h4-6,14,16H,7-8,10,20H2,1-3H3. The summed E-state index contributed by atoms with van der Waals surface area (Å²) in [6.07, 6.45) is 0.659. The summed E-state index contributed by atoms with van der Waals surface area (Å²) < 4.78 is 5.59. The molecular weight excluding hydrogens is 320 g/mol. The molecule has 3 rings (SSSR count). The van der Waals surface area contributed by atoms with Crippen LogP contribution in [0.4, 0.5) is 5.69 Å². The molecule has 0 aliphatic carbocycles. The van der Waals surface area contributed by atoms with Crippen molar-refractivity contribution in [1.29, 1.82) is 5.26 Å². The van der Waals surface area contributed by atoms with Crippen molar-refractivity contribution in [3.05, 3.63) is 40.7 Å². The summed E-state index contributed by atoms with van der Waals surface area (Å²) in [6.45, 7) is 6.17. The average Bonchev–Trinajstić information content (AvgIpc) is 2.57. The number of nitrogens with two attached hydrogens (primary N) is 1. The van der Waals surface area contributed by atoms with Crippen molar-refractivity contribution >= 4 is 11.7 Å². The smallest absolute Gasteiger partial charge is 0.324 e. The first kappa shape index (κ1) is 17.3. The number of hydroxylamine groups is 1. The molecule has 2 heterocycles. The summed E-state index contributed by atoms with van der Waals surface area (Å²) in [6, 6.07) is 7.82. The van der Waals surface area contributed by atoms with Gasteiger partial charge in [0.2, 0.25) is 0 Å². The number of aryl methyl sites for hydroxylation is 2. The molecule has 1 aromatic rings. The van der Waals surface area contributed by atoms with Gasteiger partial charge in [-0.05, 0) is 36.6 Å². The molecule has 7 nitrogen and oxygen atoms in total. The second kappa shape index (κ2) is 6.75. The van der Waals surface area contributed by atoms with Crippen LogP contribution in [-0.4, -0.2) is 30.4 Å². The Labute approximate surface area is 147 Å². The molecule has 7 heteroatoms. The maximum Gasteiger partial charge on any atom is 0.324 e. The number of fused-ring (bicyclic) bond motifs is 1. The number of rotatable bonds is 2. The first-order valence-electron chi connectivity index (χ1n) is 8.27. The molecule has 2 atom stereocenters. The normalized spacial score (nSPS) is 23.8. The maximum atomic E-state index is 11.7. The molecule has 1 saturated heterocycles. The molecule has 2 aliphatic heterocycles. The number of anilines is 1. The van der Waals surface area contributed by atoms with E-state index in [1.165, 1.54) is 12.1 Å². The van der Waals surface area contributed by atoms with E-state index < -0.39 is 5.97 Å². The summed E-state index contributed by atoms with van der Waals surface area (Å²) in [5.74, 6) is -0.281. The highest BCUT2D eigenvalue weighted by atomic mass is 16.7. The predicted octanol–water partition coefficient (Wildman–Crippen LogP) is 1.92. The molecule has 25 heavy (non-hydrogen) atoms. The second-order valence-corrected chi connectivity index (χ2v) is 6.39. The van der Waals surface area contributed by atoms with Crippen LogP contribution in [0.15, 0.2) is 29.6 Å². The molecule has 0 spiro atoms. The van der Waals surface area contributed by atoms with Crippen LogP contribution in [0.25, 0.3) is 0 Å². The number of para-hydroxylation sites is 1. The number of nitrogens with zero attached hydrogens (tertiary/aromatic N) is 3. The van der Waals surface area contributed by atoms with E-state index in [4.69, 9.17) is 15.3 Å². The van der Waals surface area contributed by atoms with Gasteiger partial charge in [0.25, 0.3) is 0 Å². The topological polar surface area (TPSA) is 91.8 Å². The number of nitriles is 1. The van der Waals surface area contributed by atoms with Crippen LogP contribution >= 0.6 is 0 Å². The van der Waals surface area contributed by atoms with Gasteiger partial charge in [0, 0.05) is 19.4 Å². The third-order valence-corrected chi connectivity index (χ3v) is 4.68. The van der Waals surface area contributed by atoms with E-state index in [1.807, 2.05) is 32.0 Å². The van der Waals surface area contributed by atoms with Crippen LogP contribution in [0.1, 0.15) is 24.5 Å². The van der Waals surface area contributed by atoms with E-state index in [2.05, 4.69) is 6.07 Å². The van der Waals surface area contributed by atoms with Gasteiger partial charge in [0.05, 0.1) is 30.0 Å². The van der Waals surface area contributed by atoms with E-state index >= 15 is 0 Å². The van der Waals surface area contributed by atoms with Crippen LogP contribution < -0.4 is 10.7 Å². The zero-order valence-electron chi connectivity index (χ0n) is 14.7. The van der Waals surface area contributed by atoms with Gasteiger partial charge in [0.1, 0.15) is 5.82 Å². The van der Waals surface area contributed by atoms with Crippen molar-refractivity contribution in [3.63, 3.8) is 0 Å². The van der Waals surface area contributed by atoms with Gasteiger partial charge in [-0.1, -0.05) is 18.2 Å². The summed E-state index contributed by atoms with van der Waals surface area (Å²) >= 11 is 0. The highest BCUT2D eigenvalue weighted by Crippen LogP contribution is 2.39. The molecule has 0 aromatic heterocycles. The van der Waals surface area contributed by atoms with Crippen molar-refractivity contribution in [2.45, 2.75) is 33.2 Å². The number of hydrazine groups is 1. The Kier molecular flexibility index (Phi) is 4.66. The largest absolute Gasteiger partial charge is 0.383 e. The molecule has 2 unspecified atom stereocenters. The lowest BCUT2D eigenvalue weighted by Gasteiger charge is -2.48. The third-order valence-electron chi connectivity index (χ3n) is 4.68. The van der Waals surface area contributed by atoms with Gasteiger partial charge in [-0.15, -0.1) is 0 Å².